The van der Waals surface area contributed by atoms with Crippen LogP contribution in [0.5, 0.6) is 0 Å². The standard InChI is InChI=1S/C18H27N3O3/c1-18(24)8-4-3-6-13(18)14-7-5-9-21(14)17(23)15-10-12(16(19)22)11-20(15)2/h10-11,13-14,24H,3-9H2,1-2H3,(H2,19,22)/t13-,14-,18+/m1/s1. The first-order chi connectivity index (χ1) is 11.3. The molecule has 3 rings (SSSR count). The SMILES string of the molecule is Cn1cc(C(N)=O)cc1C(=O)N1CCC[C@@H]1[C@H]1CCCC[C@]1(C)O. The summed E-state index contributed by atoms with van der Waals surface area (Å²) in [5.74, 6) is -0.486. The first kappa shape index (κ1) is 17.0. The van der Waals surface area contributed by atoms with Crippen molar-refractivity contribution in [2.45, 2.75) is 57.1 Å². The number of nitrogens with two attached hydrogens (primary N) is 1. The number of aryl methyl sites for hydroxylation is 1. The van der Waals surface area contributed by atoms with Crippen LogP contribution in [0.3, 0.4) is 0 Å². The van der Waals surface area contributed by atoms with Crippen LogP contribution in [0.1, 0.15) is 66.3 Å². The number of rotatable bonds is 3. The van der Waals surface area contributed by atoms with E-state index in [-0.39, 0.29) is 17.9 Å². The summed E-state index contributed by atoms with van der Waals surface area (Å²) in [5, 5.41) is 10.8. The Bertz CT molecular complexity index is 650. The molecule has 1 saturated heterocycles. The summed E-state index contributed by atoms with van der Waals surface area (Å²) in [6.45, 7) is 2.61. The van der Waals surface area contributed by atoms with Gasteiger partial charge in [-0.15, -0.1) is 0 Å². The largest absolute Gasteiger partial charge is 0.390 e. The second-order valence-corrected chi connectivity index (χ2v) is 7.51. The molecule has 1 saturated carbocycles. The van der Waals surface area contributed by atoms with Crippen LogP contribution in [-0.4, -0.2) is 44.6 Å². The van der Waals surface area contributed by atoms with Crippen molar-refractivity contribution < 1.29 is 14.7 Å². The monoisotopic (exact) mass is 333 g/mol. The van der Waals surface area contributed by atoms with Gasteiger partial charge in [0.25, 0.3) is 5.91 Å². The molecule has 2 heterocycles. The van der Waals surface area contributed by atoms with Gasteiger partial charge in [0.15, 0.2) is 0 Å². The fourth-order valence-corrected chi connectivity index (χ4v) is 4.47. The van der Waals surface area contributed by atoms with Crippen LogP contribution < -0.4 is 5.73 Å². The van der Waals surface area contributed by atoms with E-state index in [1.807, 2.05) is 11.8 Å². The van der Waals surface area contributed by atoms with E-state index in [9.17, 15) is 14.7 Å². The zero-order valence-electron chi connectivity index (χ0n) is 14.5. The summed E-state index contributed by atoms with van der Waals surface area (Å²) in [6.07, 6.45) is 7.39. The van der Waals surface area contributed by atoms with Crippen LogP contribution in [0.25, 0.3) is 0 Å². The summed E-state index contributed by atoms with van der Waals surface area (Å²) in [6, 6.07) is 1.64. The van der Waals surface area contributed by atoms with E-state index in [0.29, 0.717) is 17.8 Å². The van der Waals surface area contributed by atoms with E-state index in [1.54, 1.807) is 23.9 Å². The average Bonchev–Trinajstić information content (AvgIpc) is 3.13. The molecule has 0 unspecified atom stereocenters. The van der Waals surface area contributed by atoms with Gasteiger partial charge in [-0.3, -0.25) is 9.59 Å². The number of likely N-dealkylation sites (tertiary alicyclic amines) is 1. The minimum Gasteiger partial charge on any atom is -0.390 e. The third-order valence-corrected chi connectivity index (χ3v) is 5.78. The Labute approximate surface area is 142 Å². The van der Waals surface area contributed by atoms with Crippen LogP contribution in [0, 0.1) is 5.92 Å². The zero-order chi connectivity index (χ0) is 17.5. The second-order valence-electron chi connectivity index (χ2n) is 7.51. The molecule has 1 aliphatic heterocycles. The molecule has 2 fully saturated rings. The van der Waals surface area contributed by atoms with Crippen molar-refractivity contribution in [2.75, 3.05) is 6.54 Å². The Kier molecular flexibility index (Phi) is 4.42. The number of aromatic nitrogens is 1. The van der Waals surface area contributed by atoms with Crippen LogP contribution in [0.15, 0.2) is 12.3 Å². The highest BCUT2D eigenvalue weighted by Gasteiger charge is 2.45. The fraction of sp³-hybridized carbons (Fsp3) is 0.667. The molecule has 3 atom stereocenters. The molecule has 0 aromatic carbocycles. The molecule has 1 aromatic heterocycles. The minimum absolute atomic E-state index is 0.0692. The normalized spacial score (nSPS) is 30.5. The van der Waals surface area contributed by atoms with Crippen LogP contribution in [0.2, 0.25) is 0 Å². The molecule has 6 nitrogen and oxygen atoms in total. The van der Waals surface area contributed by atoms with Gasteiger partial charge in [-0.2, -0.15) is 0 Å². The van der Waals surface area contributed by atoms with Gasteiger partial charge in [0.05, 0.1) is 11.2 Å². The molecule has 24 heavy (non-hydrogen) atoms. The molecule has 2 amide bonds. The summed E-state index contributed by atoms with van der Waals surface area (Å²) in [5.41, 5.74) is 5.44. The predicted octanol–water partition coefficient (Wildman–Crippen LogP) is 1.67. The van der Waals surface area contributed by atoms with Crippen molar-refractivity contribution in [3.63, 3.8) is 0 Å². The minimum atomic E-state index is -0.710. The third kappa shape index (κ3) is 2.95. The summed E-state index contributed by atoms with van der Waals surface area (Å²) in [7, 11) is 1.75. The Morgan fingerprint density at radius 1 is 1.29 bits per heavy atom. The molecule has 132 valence electrons. The third-order valence-electron chi connectivity index (χ3n) is 5.78. The van der Waals surface area contributed by atoms with Gasteiger partial charge < -0.3 is 20.3 Å². The quantitative estimate of drug-likeness (QED) is 0.882. The van der Waals surface area contributed by atoms with Gasteiger partial charge in [-0.25, -0.2) is 0 Å². The van der Waals surface area contributed by atoms with Gasteiger partial charge in [0, 0.05) is 31.7 Å². The number of amides is 2. The highest BCUT2D eigenvalue weighted by Crippen LogP contribution is 2.41. The first-order valence-corrected chi connectivity index (χ1v) is 8.81. The van der Waals surface area contributed by atoms with E-state index in [1.165, 1.54) is 0 Å². The molecule has 0 bridgehead atoms. The van der Waals surface area contributed by atoms with Crippen LogP contribution in [-0.2, 0) is 7.05 Å². The summed E-state index contributed by atoms with van der Waals surface area (Å²) in [4.78, 5) is 26.3. The van der Waals surface area contributed by atoms with Crippen molar-refractivity contribution >= 4 is 11.8 Å². The lowest BCUT2D eigenvalue weighted by Crippen LogP contribution is -2.50. The maximum Gasteiger partial charge on any atom is 0.270 e. The molecular weight excluding hydrogens is 306 g/mol. The fourth-order valence-electron chi connectivity index (χ4n) is 4.47. The number of carbonyl (C=O) groups excluding carboxylic acids is 2. The maximum absolute atomic E-state index is 13.0. The second kappa shape index (κ2) is 6.24. The van der Waals surface area contributed by atoms with Crippen LogP contribution >= 0.6 is 0 Å². The lowest BCUT2D eigenvalue weighted by atomic mass is 9.72. The van der Waals surface area contributed by atoms with Crippen molar-refractivity contribution in [3.05, 3.63) is 23.5 Å². The van der Waals surface area contributed by atoms with E-state index >= 15 is 0 Å². The highest BCUT2D eigenvalue weighted by atomic mass is 16.3. The summed E-state index contributed by atoms with van der Waals surface area (Å²) >= 11 is 0. The number of hydrogen-bond acceptors (Lipinski definition) is 3. The number of nitrogens with zero attached hydrogens (tertiary/aromatic N) is 2. The zero-order valence-corrected chi connectivity index (χ0v) is 14.5. The van der Waals surface area contributed by atoms with E-state index in [2.05, 4.69) is 0 Å². The topological polar surface area (TPSA) is 88.6 Å². The Balaban J connectivity index is 1.85. The van der Waals surface area contributed by atoms with Crippen LogP contribution in [0.4, 0.5) is 0 Å². The number of hydrogen-bond donors (Lipinski definition) is 2. The van der Waals surface area contributed by atoms with Gasteiger partial charge in [-0.05, 0) is 38.7 Å². The van der Waals surface area contributed by atoms with Gasteiger partial charge in [0.1, 0.15) is 5.69 Å². The summed E-state index contributed by atoms with van der Waals surface area (Å²) < 4.78 is 1.66. The molecule has 1 aliphatic carbocycles. The maximum atomic E-state index is 13.0. The molecule has 2 aliphatic rings. The lowest BCUT2D eigenvalue weighted by molar-refractivity contribution is -0.0578. The molecule has 0 radical (unpaired) electrons. The Morgan fingerprint density at radius 2 is 2.04 bits per heavy atom. The highest BCUT2D eigenvalue weighted by molar-refractivity contribution is 5.99. The Hall–Kier alpha value is -1.82. The van der Waals surface area contributed by atoms with E-state index in [0.717, 1.165) is 38.5 Å². The molecule has 3 N–H and O–H groups in total. The molecule has 1 aromatic rings. The Morgan fingerprint density at radius 3 is 2.67 bits per heavy atom. The van der Waals surface area contributed by atoms with Crippen molar-refractivity contribution in [2.24, 2.45) is 18.7 Å². The van der Waals surface area contributed by atoms with Crippen molar-refractivity contribution in [1.29, 1.82) is 0 Å². The molecule has 0 spiro atoms. The van der Waals surface area contributed by atoms with Gasteiger partial charge >= 0.3 is 0 Å². The van der Waals surface area contributed by atoms with Gasteiger partial charge in [-0.1, -0.05) is 12.8 Å². The van der Waals surface area contributed by atoms with E-state index < -0.39 is 11.5 Å². The van der Waals surface area contributed by atoms with Crippen molar-refractivity contribution in [3.8, 4) is 0 Å². The van der Waals surface area contributed by atoms with Gasteiger partial charge in [0.2, 0.25) is 5.91 Å². The lowest BCUT2D eigenvalue weighted by Gasteiger charge is -2.43. The number of aliphatic hydroxyl groups is 1. The number of primary amides is 1. The average molecular weight is 333 g/mol. The molecule has 6 heteroatoms. The smallest absolute Gasteiger partial charge is 0.270 e. The number of carbonyl (C=O) groups is 2. The van der Waals surface area contributed by atoms with Crippen molar-refractivity contribution in [1.82, 2.24) is 9.47 Å². The first-order valence-electron chi connectivity index (χ1n) is 8.81. The molecular formula is C18H27N3O3. The predicted molar refractivity (Wildman–Crippen MR) is 90.6 cm³/mol. The van der Waals surface area contributed by atoms with E-state index in [4.69, 9.17) is 5.73 Å².